The molecule has 0 fully saturated rings. The van der Waals surface area contributed by atoms with Crippen LogP contribution < -0.4 is 5.32 Å². The second-order valence-electron chi connectivity index (χ2n) is 5.78. The van der Waals surface area contributed by atoms with Crippen LogP contribution in [0.4, 0.5) is 0 Å². The smallest absolute Gasteiger partial charge is 0.116 e. The van der Waals surface area contributed by atoms with E-state index >= 15 is 0 Å². The average Bonchev–Trinajstić information content (AvgIpc) is 2.61. The largest absolute Gasteiger partial charge is 0.344 e. The van der Waals surface area contributed by atoms with E-state index in [4.69, 9.17) is 0 Å². The monoisotopic (exact) mass is 255 g/mol. The van der Waals surface area contributed by atoms with Crippen LogP contribution >= 0.6 is 11.8 Å². The summed E-state index contributed by atoms with van der Waals surface area (Å²) in [4.78, 5) is 7.77. The van der Waals surface area contributed by atoms with Gasteiger partial charge in [0.25, 0.3) is 0 Å². The highest BCUT2D eigenvalue weighted by atomic mass is 32.2. The van der Waals surface area contributed by atoms with Gasteiger partial charge in [-0.3, -0.25) is 0 Å². The van der Waals surface area contributed by atoms with E-state index in [-0.39, 0.29) is 0 Å². The number of H-pyrrole nitrogens is 1. The van der Waals surface area contributed by atoms with Crippen molar-refractivity contribution < 1.29 is 0 Å². The lowest BCUT2D eigenvalue weighted by molar-refractivity contribution is 0.549. The third-order valence-corrected chi connectivity index (χ3v) is 3.47. The van der Waals surface area contributed by atoms with Crippen molar-refractivity contribution >= 4 is 11.8 Å². The van der Waals surface area contributed by atoms with Gasteiger partial charge >= 0.3 is 0 Å². The fourth-order valence-electron chi connectivity index (χ4n) is 1.35. The molecule has 1 aromatic rings. The number of aromatic amines is 1. The van der Waals surface area contributed by atoms with E-state index in [0.717, 1.165) is 24.7 Å². The summed E-state index contributed by atoms with van der Waals surface area (Å²) in [5, 5.41) is 3.41. The maximum absolute atomic E-state index is 4.40. The predicted octanol–water partition coefficient (Wildman–Crippen LogP) is 3.19. The van der Waals surface area contributed by atoms with Crippen LogP contribution in [-0.2, 0) is 12.3 Å². The van der Waals surface area contributed by atoms with Crippen LogP contribution in [0.25, 0.3) is 0 Å². The van der Waals surface area contributed by atoms with Crippen LogP contribution in [0.1, 0.15) is 46.1 Å². The minimum Gasteiger partial charge on any atom is -0.344 e. The van der Waals surface area contributed by atoms with Crippen LogP contribution in [-0.4, -0.2) is 21.3 Å². The van der Waals surface area contributed by atoms with Gasteiger partial charge in [-0.1, -0.05) is 34.6 Å². The van der Waals surface area contributed by atoms with Gasteiger partial charge in [0, 0.05) is 23.2 Å². The maximum Gasteiger partial charge on any atom is 0.116 e. The van der Waals surface area contributed by atoms with Crippen molar-refractivity contribution in [1.82, 2.24) is 15.3 Å². The molecule has 0 saturated heterocycles. The van der Waals surface area contributed by atoms with Crippen molar-refractivity contribution in [3.63, 3.8) is 0 Å². The Balaban J connectivity index is 2.32. The Labute approximate surface area is 109 Å². The summed E-state index contributed by atoms with van der Waals surface area (Å²) in [7, 11) is 0. The van der Waals surface area contributed by atoms with Gasteiger partial charge in [-0.25, -0.2) is 4.98 Å². The topological polar surface area (TPSA) is 40.7 Å². The molecule has 0 aliphatic rings. The Morgan fingerprint density at radius 2 is 2.12 bits per heavy atom. The van der Waals surface area contributed by atoms with Crippen molar-refractivity contribution in [1.29, 1.82) is 0 Å². The molecule has 98 valence electrons. The maximum atomic E-state index is 4.40. The highest BCUT2D eigenvalue weighted by Gasteiger charge is 2.11. The molecule has 1 aromatic heterocycles. The molecule has 0 saturated carbocycles. The SMILES string of the molecule is CC(C)CNCc1cnc(CSC(C)(C)C)[nH]1. The lowest BCUT2D eigenvalue weighted by Crippen LogP contribution is -2.19. The Hall–Kier alpha value is -0.480. The Morgan fingerprint density at radius 3 is 2.71 bits per heavy atom. The Bertz CT molecular complexity index is 326. The van der Waals surface area contributed by atoms with Crippen LogP contribution in [0.2, 0.25) is 0 Å². The second-order valence-corrected chi connectivity index (χ2v) is 7.58. The molecule has 4 heteroatoms. The second kappa shape index (κ2) is 6.45. The third-order valence-electron chi connectivity index (χ3n) is 2.19. The fourth-order valence-corrected chi connectivity index (χ4v) is 2.07. The fraction of sp³-hybridized carbons (Fsp3) is 0.769. The van der Waals surface area contributed by atoms with Crippen LogP contribution in [0.3, 0.4) is 0 Å². The number of hydrogen-bond donors (Lipinski definition) is 2. The molecule has 0 aliphatic carbocycles. The lowest BCUT2D eigenvalue weighted by atomic mass is 10.2. The van der Waals surface area contributed by atoms with Gasteiger partial charge in [0.05, 0.1) is 5.75 Å². The van der Waals surface area contributed by atoms with E-state index in [1.165, 1.54) is 5.69 Å². The zero-order valence-corrected chi connectivity index (χ0v) is 12.4. The molecule has 0 bridgehead atoms. The van der Waals surface area contributed by atoms with E-state index in [9.17, 15) is 0 Å². The summed E-state index contributed by atoms with van der Waals surface area (Å²) in [6, 6.07) is 0. The Kier molecular flexibility index (Phi) is 5.53. The first kappa shape index (κ1) is 14.6. The molecule has 0 radical (unpaired) electrons. The first-order valence-corrected chi connectivity index (χ1v) is 7.23. The van der Waals surface area contributed by atoms with E-state index in [1.54, 1.807) is 0 Å². The molecule has 0 spiro atoms. The zero-order chi connectivity index (χ0) is 12.9. The minimum absolute atomic E-state index is 0.294. The number of hydrogen-bond acceptors (Lipinski definition) is 3. The summed E-state index contributed by atoms with van der Waals surface area (Å²) in [5.41, 5.74) is 1.18. The molecule has 1 rings (SSSR count). The van der Waals surface area contributed by atoms with Gasteiger partial charge < -0.3 is 10.3 Å². The molecule has 1 heterocycles. The first-order valence-electron chi connectivity index (χ1n) is 6.24. The molecular weight excluding hydrogens is 230 g/mol. The van der Waals surface area contributed by atoms with Crippen molar-refractivity contribution in [2.24, 2.45) is 5.92 Å². The summed E-state index contributed by atoms with van der Waals surface area (Å²) in [5.74, 6) is 2.72. The summed E-state index contributed by atoms with van der Waals surface area (Å²) in [6.07, 6.45) is 1.94. The number of thioether (sulfide) groups is 1. The van der Waals surface area contributed by atoms with Gasteiger partial charge in [-0.2, -0.15) is 0 Å². The van der Waals surface area contributed by atoms with Gasteiger partial charge in [-0.15, -0.1) is 11.8 Å². The molecule has 0 unspecified atom stereocenters. The summed E-state index contributed by atoms with van der Waals surface area (Å²) < 4.78 is 0.294. The van der Waals surface area contributed by atoms with E-state index < -0.39 is 0 Å². The molecule has 3 nitrogen and oxygen atoms in total. The number of nitrogens with zero attached hydrogens (tertiary/aromatic N) is 1. The molecular formula is C13H25N3S. The lowest BCUT2D eigenvalue weighted by Gasteiger charge is -2.16. The molecule has 17 heavy (non-hydrogen) atoms. The van der Waals surface area contributed by atoms with E-state index in [2.05, 4.69) is 49.9 Å². The molecule has 0 aliphatic heterocycles. The number of nitrogens with one attached hydrogen (secondary N) is 2. The van der Waals surface area contributed by atoms with Gasteiger partial charge in [0.15, 0.2) is 0 Å². The van der Waals surface area contributed by atoms with E-state index in [1.807, 2.05) is 18.0 Å². The molecule has 0 amide bonds. The third kappa shape index (κ3) is 6.74. The summed E-state index contributed by atoms with van der Waals surface area (Å²) >= 11 is 1.91. The zero-order valence-electron chi connectivity index (χ0n) is 11.6. The Morgan fingerprint density at radius 1 is 1.41 bits per heavy atom. The van der Waals surface area contributed by atoms with Crippen molar-refractivity contribution in [2.45, 2.75) is 51.7 Å². The summed E-state index contributed by atoms with van der Waals surface area (Å²) in [6.45, 7) is 13.0. The first-order chi connectivity index (χ1) is 7.87. The van der Waals surface area contributed by atoms with Crippen molar-refractivity contribution in [3.05, 3.63) is 17.7 Å². The van der Waals surface area contributed by atoms with Crippen molar-refractivity contribution in [3.8, 4) is 0 Å². The minimum atomic E-state index is 0.294. The predicted molar refractivity (Wildman–Crippen MR) is 76.2 cm³/mol. The normalized spacial score (nSPS) is 12.4. The average molecular weight is 255 g/mol. The number of imidazole rings is 1. The van der Waals surface area contributed by atoms with Crippen LogP contribution in [0.5, 0.6) is 0 Å². The van der Waals surface area contributed by atoms with Crippen LogP contribution in [0.15, 0.2) is 6.20 Å². The van der Waals surface area contributed by atoms with Gasteiger partial charge in [0.1, 0.15) is 5.82 Å². The molecule has 0 atom stereocenters. The van der Waals surface area contributed by atoms with Crippen molar-refractivity contribution in [2.75, 3.05) is 6.54 Å². The standard InChI is InChI=1S/C13H25N3S/c1-10(2)6-14-7-11-8-15-12(16-11)9-17-13(3,4)5/h8,10,14H,6-7,9H2,1-5H3,(H,15,16). The quantitative estimate of drug-likeness (QED) is 0.820. The molecule has 0 aromatic carbocycles. The highest BCUT2D eigenvalue weighted by Crippen LogP contribution is 2.25. The van der Waals surface area contributed by atoms with Gasteiger partial charge in [-0.05, 0) is 12.5 Å². The van der Waals surface area contributed by atoms with Crippen LogP contribution in [0, 0.1) is 5.92 Å². The van der Waals surface area contributed by atoms with E-state index in [0.29, 0.717) is 10.7 Å². The number of rotatable bonds is 6. The highest BCUT2D eigenvalue weighted by molar-refractivity contribution is 7.99. The molecule has 2 N–H and O–H groups in total. The number of aromatic nitrogens is 2. The van der Waals surface area contributed by atoms with Gasteiger partial charge in [0.2, 0.25) is 0 Å².